The summed E-state index contributed by atoms with van der Waals surface area (Å²) in [5.41, 5.74) is 2.22. The highest BCUT2D eigenvalue weighted by Crippen LogP contribution is 2.28. The van der Waals surface area contributed by atoms with Crippen molar-refractivity contribution in [1.82, 2.24) is 14.8 Å². The lowest BCUT2D eigenvalue weighted by Crippen LogP contribution is -2.24. The lowest BCUT2D eigenvalue weighted by atomic mass is 9.98. The van der Waals surface area contributed by atoms with Crippen molar-refractivity contribution < 1.29 is 0 Å². The van der Waals surface area contributed by atoms with Crippen LogP contribution >= 0.6 is 15.9 Å². The van der Waals surface area contributed by atoms with Gasteiger partial charge in [0.15, 0.2) is 0 Å². The van der Waals surface area contributed by atoms with Crippen LogP contribution in [0.1, 0.15) is 17.2 Å². The van der Waals surface area contributed by atoms with Gasteiger partial charge in [0.2, 0.25) is 0 Å². The van der Waals surface area contributed by atoms with Crippen molar-refractivity contribution in [1.29, 1.82) is 5.26 Å². The molecule has 27 heavy (non-hydrogen) atoms. The van der Waals surface area contributed by atoms with E-state index < -0.39 is 5.92 Å². The second-order valence-corrected chi connectivity index (χ2v) is 6.75. The Morgan fingerprint density at radius 3 is 2.52 bits per heavy atom. The van der Waals surface area contributed by atoms with Crippen molar-refractivity contribution >= 4 is 26.8 Å². The standard InChI is InChI=1S/C21H13BrN4O/c22-20-17(13-24-26(21(20)27)15-7-2-1-3-8-15)16(12-23)19-11-10-14-6-4-5-9-18(14)25-19/h1-11,13,16H/t16-/m0/s1. The molecule has 0 aliphatic rings. The first-order chi connectivity index (χ1) is 13.2. The van der Waals surface area contributed by atoms with Gasteiger partial charge >= 0.3 is 0 Å². The second kappa shape index (κ2) is 7.14. The topological polar surface area (TPSA) is 71.6 Å². The molecule has 0 radical (unpaired) electrons. The number of halogens is 1. The van der Waals surface area contributed by atoms with Gasteiger partial charge in [0, 0.05) is 10.9 Å². The Morgan fingerprint density at radius 1 is 1.00 bits per heavy atom. The molecule has 0 N–H and O–H groups in total. The number of benzene rings is 2. The third-order valence-corrected chi connectivity index (χ3v) is 5.10. The molecule has 1 atom stereocenters. The third-order valence-electron chi connectivity index (χ3n) is 4.30. The van der Waals surface area contributed by atoms with E-state index in [1.54, 1.807) is 18.3 Å². The number of hydrogen-bond acceptors (Lipinski definition) is 4. The van der Waals surface area contributed by atoms with Crippen molar-refractivity contribution in [3.63, 3.8) is 0 Å². The normalized spacial score (nSPS) is 11.9. The molecule has 0 aliphatic carbocycles. The molecule has 2 aromatic heterocycles. The summed E-state index contributed by atoms with van der Waals surface area (Å²) in [4.78, 5) is 17.4. The summed E-state index contributed by atoms with van der Waals surface area (Å²) in [7, 11) is 0. The summed E-state index contributed by atoms with van der Waals surface area (Å²) >= 11 is 3.36. The van der Waals surface area contributed by atoms with Crippen LogP contribution in [0, 0.1) is 11.3 Å². The summed E-state index contributed by atoms with van der Waals surface area (Å²) in [5.74, 6) is -0.699. The van der Waals surface area contributed by atoms with E-state index in [1.165, 1.54) is 4.68 Å². The van der Waals surface area contributed by atoms with Crippen LogP contribution in [-0.2, 0) is 0 Å². The Balaban J connectivity index is 1.82. The Labute approximate surface area is 163 Å². The number of fused-ring (bicyclic) bond motifs is 1. The minimum Gasteiger partial charge on any atom is -0.266 e. The molecular weight excluding hydrogens is 404 g/mol. The van der Waals surface area contributed by atoms with Crippen LogP contribution in [0.15, 0.2) is 82.2 Å². The maximum Gasteiger partial charge on any atom is 0.286 e. The molecule has 4 rings (SSSR count). The average molecular weight is 417 g/mol. The van der Waals surface area contributed by atoms with Crippen LogP contribution in [0.25, 0.3) is 16.6 Å². The Bertz CT molecular complexity index is 1230. The quantitative estimate of drug-likeness (QED) is 0.501. The third kappa shape index (κ3) is 3.14. The van der Waals surface area contributed by atoms with Crippen LogP contribution in [0.3, 0.4) is 0 Å². The van der Waals surface area contributed by atoms with E-state index in [0.717, 1.165) is 10.9 Å². The molecular formula is C21H13BrN4O. The minimum absolute atomic E-state index is 0.308. The zero-order valence-corrected chi connectivity index (χ0v) is 15.7. The molecule has 0 saturated heterocycles. The highest BCUT2D eigenvalue weighted by molar-refractivity contribution is 9.10. The molecule has 0 bridgehead atoms. The Morgan fingerprint density at radius 2 is 1.74 bits per heavy atom. The average Bonchev–Trinajstić information content (AvgIpc) is 2.72. The maximum absolute atomic E-state index is 12.8. The molecule has 2 aromatic carbocycles. The van der Waals surface area contributed by atoms with Gasteiger partial charge in [-0.05, 0) is 40.2 Å². The van der Waals surface area contributed by atoms with Gasteiger partial charge in [0.25, 0.3) is 5.56 Å². The molecule has 0 spiro atoms. The van der Waals surface area contributed by atoms with Crippen LogP contribution in [0.2, 0.25) is 0 Å². The Hall–Kier alpha value is -3.30. The van der Waals surface area contributed by atoms with Gasteiger partial charge in [-0.1, -0.05) is 42.5 Å². The molecule has 6 heteroatoms. The molecule has 0 aliphatic heterocycles. The SMILES string of the molecule is N#C[C@H](c1ccc2ccccc2n1)c1cnn(-c2ccccc2)c(=O)c1Br. The summed E-state index contributed by atoms with van der Waals surface area (Å²) in [6.07, 6.45) is 1.54. The number of nitriles is 1. The molecule has 5 nitrogen and oxygen atoms in total. The van der Waals surface area contributed by atoms with Crippen LogP contribution < -0.4 is 5.56 Å². The monoisotopic (exact) mass is 416 g/mol. The van der Waals surface area contributed by atoms with Gasteiger partial charge in [0.05, 0.1) is 33.6 Å². The smallest absolute Gasteiger partial charge is 0.266 e. The fourth-order valence-electron chi connectivity index (χ4n) is 2.94. The van der Waals surface area contributed by atoms with Gasteiger partial charge in [-0.2, -0.15) is 15.0 Å². The number of rotatable bonds is 3. The largest absolute Gasteiger partial charge is 0.286 e. The minimum atomic E-state index is -0.699. The molecule has 130 valence electrons. The van der Waals surface area contributed by atoms with E-state index in [1.807, 2.05) is 54.6 Å². The van der Waals surface area contributed by atoms with E-state index in [2.05, 4.69) is 32.1 Å². The number of nitrogens with zero attached hydrogens (tertiary/aromatic N) is 4. The van der Waals surface area contributed by atoms with E-state index >= 15 is 0 Å². The highest BCUT2D eigenvalue weighted by atomic mass is 79.9. The van der Waals surface area contributed by atoms with Crippen molar-refractivity contribution in [3.05, 3.63) is 99.0 Å². The summed E-state index contributed by atoms with van der Waals surface area (Å²) in [6.45, 7) is 0. The highest BCUT2D eigenvalue weighted by Gasteiger charge is 2.22. The van der Waals surface area contributed by atoms with Crippen LogP contribution in [0.5, 0.6) is 0 Å². The molecule has 4 aromatic rings. The fourth-order valence-corrected chi connectivity index (χ4v) is 3.44. The van der Waals surface area contributed by atoms with Gasteiger partial charge in [-0.25, -0.2) is 0 Å². The van der Waals surface area contributed by atoms with E-state index in [9.17, 15) is 10.1 Å². The molecule has 0 saturated carbocycles. The molecule has 0 unspecified atom stereocenters. The molecule has 0 amide bonds. The summed E-state index contributed by atoms with van der Waals surface area (Å²) < 4.78 is 1.61. The zero-order chi connectivity index (χ0) is 18.8. The fraction of sp³-hybridized carbons (Fsp3) is 0.0476. The summed E-state index contributed by atoms with van der Waals surface area (Å²) in [5, 5.41) is 15.0. The lowest BCUT2D eigenvalue weighted by Gasteiger charge is -2.13. The van der Waals surface area contributed by atoms with Crippen LogP contribution in [-0.4, -0.2) is 14.8 Å². The van der Waals surface area contributed by atoms with Gasteiger partial charge < -0.3 is 0 Å². The van der Waals surface area contributed by atoms with Crippen molar-refractivity contribution in [2.24, 2.45) is 0 Å². The zero-order valence-electron chi connectivity index (χ0n) is 14.1. The number of hydrogen-bond donors (Lipinski definition) is 0. The summed E-state index contributed by atoms with van der Waals surface area (Å²) in [6, 6.07) is 22.8. The molecule has 0 fully saturated rings. The predicted octanol–water partition coefficient (Wildman–Crippen LogP) is 4.20. The lowest BCUT2D eigenvalue weighted by molar-refractivity contribution is 0.778. The van der Waals surface area contributed by atoms with Crippen LogP contribution in [0.4, 0.5) is 0 Å². The van der Waals surface area contributed by atoms with Gasteiger partial charge in [0.1, 0.15) is 5.92 Å². The van der Waals surface area contributed by atoms with Crippen molar-refractivity contribution in [2.75, 3.05) is 0 Å². The number of pyridine rings is 1. The van der Waals surface area contributed by atoms with E-state index in [0.29, 0.717) is 21.4 Å². The van der Waals surface area contributed by atoms with Crippen molar-refractivity contribution in [3.8, 4) is 11.8 Å². The predicted molar refractivity (Wildman–Crippen MR) is 107 cm³/mol. The first-order valence-electron chi connectivity index (χ1n) is 8.27. The first kappa shape index (κ1) is 17.1. The second-order valence-electron chi connectivity index (χ2n) is 5.96. The van der Waals surface area contributed by atoms with Gasteiger partial charge in [-0.15, -0.1) is 0 Å². The van der Waals surface area contributed by atoms with Gasteiger partial charge in [-0.3, -0.25) is 9.78 Å². The maximum atomic E-state index is 12.8. The number of para-hydroxylation sites is 2. The van der Waals surface area contributed by atoms with E-state index in [-0.39, 0.29) is 5.56 Å². The number of aromatic nitrogens is 3. The van der Waals surface area contributed by atoms with E-state index in [4.69, 9.17) is 0 Å². The Kier molecular flexibility index (Phi) is 4.53. The first-order valence-corrected chi connectivity index (χ1v) is 9.07. The molecule has 2 heterocycles. The van der Waals surface area contributed by atoms with Crippen molar-refractivity contribution in [2.45, 2.75) is 5.92 Å².